The molecule has 5 rings (SSSR count). The molecule has 0 saturated carbocycles. The molecule has 0 spiro atoms. The molecule has 0 amide bonds. The molecule has 2 bridgehead atoms. The fourth-order valence-corrected chi connectivity index (χ4v) is 5.41. The monoisotopic (exact) mass is 594 g/mol. The first-order valence-electron chi connectivity index (χ1n) is 14.7. The molecule has 4 heterocycles. The number of piperidine rings is 1. The fraction of sp³-hybridized carbons (Fsp3) is 0.333. The molecule has 1 saturated heterocycles. The van der Waals surface area contributed by atoms with Crippen LogP contribution in [-0.4, -0.2) is 78.5 Å². The van der Waals surface area contributed by atoms with E-state index in [0.29, 0.717) is 53.2 Å². The third-order valence-electron chi connectivity index (χ3n) is 7.69. The lowest BCUT2D eigenvalue weighted by molar-refractivity contribution is -0.115. The SMILES string of the molecule is C=C/C(=C\C=NC=N)Oc1ccc(Nc2ncnc3cc4c(nc23)N2CCC(CCC(=O)/C=C/CN(C)C)C(CO4)C2)cc1. The summed E-state index contributed by atoms with van der Waals surface area (Å²) < 4.78 is 12.1. The molecule has 2 unspecified atom stereocenters. The highest BCUT2D eigenvalue weighted by atomic mass is 16.5. The Balaban J connectivity index is 1.27. The number of fused-ring (bicyclic) bond motifs is 5. The van der Waals surface area contributed by atoms with Gasteiger partial charge in [-0.05, 0) is 75.3 Å². The van der Waals surface area contributed by atoms with E-state index >= 15 is 0 Å². The first-order valence-corrected chi connectivity index (χ1v) is 14.7. The first kappa shape index (κ1) is 30.6. The van der Waals surface area contributed by atoms with Crippen molar-refractivity contribution in [3.8, 4) is 11.5 Å². The van der Waals surface area contributed by atoms with Gasteiger partial charge in [-0.3, -0.25) is 10.2 Å². The summed E-state index contributed by atoms with van der Waals surface area (Å²) in [5, 5.41) is 10.3. The van der Waals surface area contributed by atoms with E-state index in [1.54, 1.807) is 18.2 Å². The molecule has 2 aliphatic heterocycles. The second-order valence-corrected chi connectivity index (χ2v) is 11.1. The number of carbonyl (C=O) groups excluding carboxylic acids is 1. The summed E-state index contributed by atoms with van der Waals surface area (Å²) in [5.41, 5.74) is 2.16. The van der Waals surface area contributed by atoms with Gasteiger partial charge in [0, 0.05) is 49.9 Å². The van der Waals surface area contributed by atoms with Gasteiger partial charge in [-0.15, -0.1) is 0 Å². The first-order chi connectivity index (χ1) is 21.4. The summed E-state index contributed by atoms with van der Waals surface area (Å²) in [5.74, 6) is 4.20. The molecule has 0 radical (unpaired) electrons. The van der Waals surface area contributed by atoms with Crippen LogP contribution < -0.4 is 19.7 Å². The lowest BCUT2D eigenvalue weighted by atomic mass is 9.82. The molecular weight excluding hydrogens is 556 g/mol. The molecule has 11 nitrogen and oxygen atoms in total. The van der Waals surface area contributed by atoms with E-state index in [1.807, 2.05) is 55.4 Å². The van der Waals surface area contributed by atoms with Crippen LogP contribution in [0.1, 0.15) is 19.3 Å². The van der Waals surface area contributed by atoms with Crippen LogP contribution in [0.2, 0.25) is 0 Å². The zero-order valence-corrected chi connectivity index (χ0v) is 25.1. The molecule has 2 N–H and O–H groups in total. The van der Waals surface area contributed by atoms with Gasteiger partial charge in [0.1, 0.15) is 29.7 Å². The summed E-state index contributed by atoms with van der Waals surface area (Å²) in [6.45, 7) is 6.80. The number of nitrogens with one attached hydrogen (secondary N) is 2. The number of likely N-dealkylation sites (N-methyl/N-ethyl adjacent to an activating group) is 1. The number of ketones is 1. The van der Waals surface area contributed by atoms with E-state index in [4.69, 9.17) is 19.9 Å². The number of anilines is 3. The van der Waals surface area contributed by atoms with Crippen molar-refractivity contribution in [3.63, 3.8) is 0 Å². The largest absolute Gasteiger partial charge is 0.489 e. The fourth-order valence-electron chi connectivity index (χ4n) is 5.41. The molecule has 3 aromatic rings. The van der Waals surface area contributed by atoms with E-state index in [9.17, 15) is 4.79 Å². The van der Waals surface area contributed by atoms with Gasteiger partial charge in [-0.1, -0.05) is 12.7 Å². The predicted molar refractivity (Wildman–Crippen MR) is 174 cm³/mol. The van der Waals surface area contributed by atoms with Crippen LogP contribution >= 0.6 is 0 Å². The molecule has 11 heteroatoms. The second kappa shape index (κ2) is 14.5. The Bertz CT molecular complexity index is 1580. The lowest BCUT2D eigenvalue weighted by Gasteiger charge is -2.36. The summed E-state index contributed by atoms with van der Waals surface area (Å²) in [6, 6.07) is 9.39. The highest BCUT2D eigenvalue weighted by Gasteiger charge is 2.34. The minimum atomic E-state index is 0.185. The van der Waals surface area contributed by atoms with E-state index < -0.39 is 0 Å². The quantitative estimate of drug-likeness (QED) is 0.0902. The number of rotatable bonds is 13. The van der Waals surface area contributed by atoms with Crippen LogP contribution in [-0.2, 0) is 4.79 Å². The number of benzene rings is 1. The predicted octanol–water partition coefficient (Wildman–Crippen LogP) is 5.20. The highest BCUT2D eigenvalue weighted by molar-refractivity contribution is 5.90. The number of ether oxygens (including phenoxy) is 2. The van der Waals surface area contributed by atoms with Crippen molar-refractivity contribution in [2.45, 2.75) is 19.3 Å². The minimum Gasteiger partial charge on any atom is -0.489 e. The maximum atomic E-state index is 12.4. The molecule has 228 valence electrons. The summed E-state index contributed by atoms with van der Waals surface area (Å²) >= 11 is 0. The number of allylic oxidation sites excluding steroid dienone is 3. The van der Waals surface area contributed by atoms with Crippen molar-refractivity contribution in [1.82, 2.24) is 19.9 Å². The Morgan fingerprint density at radius 3 is 2.91 bits per heavy atom. The maximum Gasteiger partial charge on any atom is 0.172 e. The maximum absolute atomic E-state index is 12.4. The minimum absolute atomic E-state index is 0.185. The van der Waals surface area contributed by atoms with E-state index in [2.05, 4.69) is 31.8 Å². The van der Waals surface area contributed by atoms with Gasteiger partial charge in [0.25, 0.3) is 0 Å². The van der Waals surface area contributed by atoms with Crippen LogP contribution in [0.25, 0.3) is 11.0 Å². The molecule has 2 atom stereocenters. The second-order valence-electron chi connectivity index (χ2n) is 11.1. The van der Waals surface area contributed by atoms with Gasteiger partial charge in [-0.2, -0.15) is 0 Å². The van der Waals surface area contributed by atoms with Gasteiger partial charge in [0.05, 0.1) is 12.1 Å². The van der Waals surface area contributed by atoms with Crippen molar-refractivity contribution in [2.24, 2.45) is 16.8 Å². The zero-order chi connectivity index (χ0) is 30.9. The topological polar surface area (TPSA) is 129 Å². The number of pyridine rings is 1. The van der Waals surface area contributed by atoms with Crippen LogP contribution in [0, 0.1) is 17.2 Å². The smallest absolute Gasteiger partial charge is 0.172 e. The Morgan fingerprint density at radius 1 is 1.30 bits per heavy atom. The lowest BCUT2D eigenvalue weighted by Crippen LogP contribution is -2.41. The molecule has 1 aromatic carbocycles. The van der Waals surface area contributed by atoms with Gasteiger partial charge in [0.15, 0.2) is 23.2 Å². The number of hydrogen-bond acceptors (Lipinski definition) is 10. The molecule has 1 fully saturated rings. The normalized spacial score (nSPS) is 18.2. The van der Waals surface area contributed by atoms with Gasteiger partial charge < -0.3 is 24.6 Å². The third-order valence-corrected chi connectivity index (χ3v) is 7.69. The Kier molecular flexibility index (Phi) is 10.1. The molecule has 2 aromatic heterocycles. The highest BCUT2D eigenvalue weighted by Crippen LogP contribution is 2.40. The molecule has 0 aliphatic carbocycles. The van der Waals surface area contributed by atoms with Crippen LogP contribution in [0.4, 0.5) is 17.3 Å². The average Bonchev–Trinajstić information content (AvgIpc) is 3.16. The van der Waals surface area contributed by atoms with Crippen molar-refractivity contribution in [1.29, 1.82) is 5.41 Å². The Morgan fingerprint density at radius 2 is 2.14 bits per heavy atom. The van der Waals surface area contributed by atoms with Gasteiger partial charge >= 0.3 is 0 Å². The third kappa shape index (κ3) is 7.73. The van der Waals surface area contributed by atoms with Crippen molar-refractivity contribution in [2.75, 3.05) is 50.6 Å². The number of hydrogen-bond donors (Lipinski definition) is 2. The van der Waals surface area contributed by atoms with Crippen molar-refractivity contribution in [3.05, 3.63) is 73.3 Å². The van der Waals surface area contributed by atoms with E-state index in [1.165, 1.54) is 12.5 Å². The standard InChI is InChI=1S/C33H38N8O3/c1-4-27(13-15-35-21-34)44-28-11-8-25(9-12-28)38-32-31-29(36-22-37-32)18-30-33(39-31)41-17-14-23(24(19-41)20-43-30)7-10-26(42)6-5-16-40(2)3/h4-6,8-9,11-13,15,18,21-24,34H,1,7,10,14,16-17,19-20H2,2-3H3,(H,36,37,38)/b6-5+,27-13+,34-21?,35-15?. The van der Waals surface area contributed by atoms with Crippen molar-refractivity contribution < 1.29 is 14.3 Å². The van der Waals surface area contributed by atoms with Gasteiger partial charge in [-0.25, -0.2) is 19.9 Å². The Hall–Kier alpha value is -4.90. The number of nitrogens with zero attached hydrogens (tertiary/aromatic N) is 6. The number of carbonyl (C=O) groups is 1. The summed E-state index contributed by atoms with van der Waals surface area (Å²) in [4.78, 5) is 34.4. The Labute approximate surface area is 257 Å². The van der Waals surface area contributed by atoms with Gasteiger partial charge in [0.2, 0.25) is 0 Å². The van der Waals surface area contributed by atoms with E-state index in [-0.39, 0.29) is 5.78 Å². The van der Waals surface area contributed by atoms with Crippen LogP contribution in [0.5, 0.6) is 11.5 Å². The molecule has 44 heavy (non-hydrogen) atoms. The molecule has 2 aliphatic rings. The average molecular weight is 595 g/mol. The number of aliphatic imine (C=N–C) groups is 1. The summed E-state index contributed by atoms with van der Waals surface area (Å²) in [7, 11) is 3.98. The zero-order valence-electron chi connectivity index (χ0n) is 25.1. The molecular formula is C33H38N8O3. The van der Waals surface area contributed by atoms with Crippen LogP contribution in [0.15, 0.2) is 78.3 Å². The van der Waals surface area contributed by atoms with Crippen LogP contribution in [0.3, 0.4) is 0 Å². The van der Waals surface area contributed by atoms with Crippen molar-refractivity contribution >= 4 is 46.7 Å². The number of aromatic nitrogens is 3. The summed E-state index contributed by atoms with van der Waals surface area (Å²) in [6.07, 6.45) is 13.2. The van der Waals surface area contributed by atoms with E-state index in [0.717, 1.165) is 56.1 Å².